The molecule has 0 saturated carbocycles. The fourth-order valence-corrected chi connectivity index (χ4v) is 2.68. The van der Waals surface area contributed by atoms with Gasteiger partial charge in [0.05, 0.1) is 6.33 Å². The number of alkyl halides is 2. The van der Waals surface area contributed by atoms with E-state index in [1.54, 1.807) is 59.7 Å². The lowest BCUT2D eigenvalue weighted by Gasteiger charge is -2.09. The zero-order chi connectivity index (χ0) is 21.3. The van der Waals surface area contributed by atoms with E-state index in [2.05, 4.69) is 20.4 Å². The summed E-state index contributed by atoms with van der Waals surface area (Å²) < 4.78 is 30.4. The van der Waals surface area contributed by atoms with Gasteiger partial charge in [0.1, 0.15) is 5.75 Å². The Balaban J connectivity index is 1.50. The fraction of sp³-hybridized carbons (Fsp3) is 0.190. The van der Waals surface area contributed by atoms with E-state index in [0.29, 0.717) is 17.8 Å². The molecule has 7 nitrogen and oxygen atoms in total. The van der Waals surface area contributed by atoms with Gasteiger partial charge in [0.2, 0.25) is 5.91 Å². The second kappa shape index (κ2) is 10.1. The van der Waals surface area contributed by atoms with E-state index in [9.17, 15) is 18.4 Å². The summed E-state index contributed by atoms with van der Waals surface area (Å²) >= 11 is 0. The molecule has 2 N–H and O–H groups in total. The molecule has 0 unspecified atom stereocenters. The predicted octanol–water partition coefficient (Wildman–Crippen LogP) is 3.44. The van der Waals surface area contributed by atoms with Crippen LogP contribution in [0, 0.1) is 0 Å². The number of imidazole rings is 1. The second-order valence-corrected chi connectivity index (χ2v) is 6.38. The number of aromatic nitrogens is 2. The zero-order valence-electron chi connectivity index (χ0n) is 15.9. The van der Waals surface area contributed by atoms with Crippen molar-refractivity contribution in [3.8, 4) is 5.75 Å². The average molecular weight is 414 g/mol. The summed E-state index contributed by atoms with van der Waals surface area (Å²) in [6.07, 6.45) is 5.33. The van der Waals surface area contributed by atoms with Crippen LogP contribution in [0.25, 0.3) is 0 Å². The number of benzene rings is 2. The monoisotopic (exact) mass is 414 g/mol. The molecule has 0 radical (unpaired) electrons. The molecule has 2 amide bonds. The standard InChI is InChI=1S/C21H20F2N4O3/c22-21(23)30-18-6-4-15(5-7-18)13-25-20(29)16-2-1-3-17(12-16)26-19(28)8-10-27-11-9-24-14-27/h1-7,9,11-12,14,21H,8,10,13H2,(H,25,29)(H,26,28). The minimum absolute atomic E-state index is 0.0524. The Morgan fingerprint density at radius 3 is 2.63 bits per heavy atom. The van der Waals surface area contributed by atoms with E-state index in [1.807, 2.05) is 0 Å². The van der Waals surface area contributed by atoms with Crippen molar-refractivity contribution in [3.05, 3.63) is 78.4 Å². The van der Waals surface area contributed by atoms with Gasteiger partial charge < -0.3 is 19.9 Å². The maximum atomic E-state index is 12.4. The molecule has 0 fully saturated rings. The number of aryl methyl sites for hydroxylation is 1. The van der Waals surface area contributed by atoms with Gasteiger partial charge in [0.15, 0.2) is 0 Å². The topological polar surface area (TPSA) is 85.2 Å². The number of carbonyl (C=O) groups is 2. The molecule has 30 heavy (non-hydrogen) atoms. The SMILES string of the molecule is O=C(CCn1ccnc1)Nc1cccc(C(=O)NCc2ccc(OC(F)F)cc2)c1. The smallest absolute Gasteiger partial charge is 0.387 e. The van der Waals surface area contributed by atoms with Crippen LogP contribution >= 0.6 is 0 Å². The highest BCUT2D eigenvalue weighted by atomic mass is 19.3. The summed E-state index contributed by atoms with van der Waals surface area (Å²) in [7, 11) is 0. The number of halogens is 2. The van der Waals surface area contributed by atoms with Crippen LogP contribution in [-0.2, 0) is 17.9 Å². The minimum atomic E-state index is -2.88. The number of anilines is 1. The Kier molecular flexibility index (Phi) is 7.09. The molecule has 2 aromatic carbocycles. The highest BCUT2D eigenvalue weighted by molar-refractivity contribution is 5.97. The molecule has 0 atom stereocenters. The lowest BCUT2D eigenvalue weighted by atomic mass is 10.1. The van der Waals surface area contributed by atoms with E-state index in [0.717, 1.165) is 5.56 Å². The predicted molar refractivity (Wildman–Crippen MR) is 106 cm³/mol. The number of rotatable bonds is 9. The van der Waals surface area contributed by atoms with E-state index >= 15 is 0 Å². The van der Waals surface area contributed by atoms with Crippen LogP contribution in [0.3, 0.4) is 0 Å². The third-order valence-corrected chi connectivity index (χ3v) is 4.17. The van der Waals surface area contributed by atoms with E-state index in [1.165, 1.54) is 12.1 Å². The molecular formula is C21H20F2N4O3. The Morgan fingerprint density at radius 2 is 1.93 bits per heavy atom. The van der Waals surface area contributed by atoms with Crippen LogP contribution < -0.4 is 15.4 Å². The largest absolute Gasteiger partial charge is 0.435 e. The van der Waals surface area contributed by atoms with Crippen LogP contribution in [0.15, 0.2) is 67.3 Å². The molecule has 1 heterocycles. The molecule has 9 heteroatoms. The summed E-state index contributed by atoms with van der Waals surface area (Å²) in [6, 6.07) is 12.6. The van der Waals surface area contributed by atoms with Crippen molar-refractivity contribution < 1.29 is 23.1 Å². The first-order chi connectivity index (χ1) is 14.5. The molecule has 3 rings (SSSR count). The van der Waals surface area contributed by atoms with E-state index in [4.69, 9.17) is 0 Å². The van der Waals surface area contributed by atoms with Crippen LogP contribution in [0.4, 0.5) is 14.5 Å². The second-order valence-electron chi connectivity index (χ2n) is 6.38. The average Bonchev–Trinajstić information content (AvgIpc) is 3.25. The minimum Gasteiger partial charge on any atom is -0.435 e. The number of amides is 2. The number of hydrogen-bond donors (Lipinski definition) is 2. The third kappa shape index (κ3) is 6.40. The number of nitrogens with one attached hydrogen (secondary N) is 2. The first kappa shape index (κ1) is 21.0. The van der Waals surface area contributed by atoms with Crippen LogP contribution in [-0.4, -0.2) is 28.0 Å². The summed E-state index contributed by atoms with van der Waals surface area (Å²) in [5, 5.41) is 5.52. The van der Waals surface area contributed by atoms with Crippen molar-refractivity contribution in [1.82, 2.24) is 14.9 Å². The molecule has 0 spiro atoms. The molecule has 0 bridgehead atoms. The Morgan fingerprint density at radius 1 is 1.13 bits per heavy atom. The van der Waals surface area contributed by atoms with Gasteiger partial charge in [-0.25, -0.2) is 4.98 Å². The van der Waals surface area contributed by atoms with Crippen LogP contribution in [0.5, 0.6) is 5.75 Å². The quantitative estimate of drug-likeness (QED) is 0.562. The van der Waals surface area contributed by atoms with Crippen molar-refractivity contribution in [2.75, 3.05) is 5.32 Å². The lowest BCUT2D eigenvalue weighted by molar-refractivity contribution is -0.116. The summed E-state index contributed by atoms with van der Waals surface area (Å²) in [6.45, 7) is -2.16. The van der Waals surface area contributed by atoms with Crippen molar-refractivity contribution in [1.29, 1.82) is 0 Å². The van der Waals surface area contributed by atoms with Gasteiger partial charge in [0, 0.05) is 43.2 Å². The molecule has 0 aliphatic carbocycles. The molecule has 0 aliphatic heterocycles. The molecule has 0 aliphatic rings. The first-order valence-corrected chi connectivity index (χ1v) is 9.17. The van der Waals surface area contributed by atoms with E-state index < -0.39 is 6.61 Å². The molecule has 3 aromatic rings. The third-order valence-electron chi connectivity index (χ3n) is 4.17. The maximum absolute atomic E-state index is 12.4. The number of ether oxygens (including phenoxy) is 1. The lowest BCUT2D eigenvalue weighted by Crippen LogP contribution is -2.23. The number of carbonyl (C=O) groups excluding carboxylic acids is 2. The summed E-state index contributed by atoms with van der Waals surface area (Å²) in [5.74, 6) is -0.443. The van der Waals surface area contributed by atoms with Crippen molar-refractivity contribution in [3.63, 3.8) is 0 Å². The summed E-state index contributed by atoms with van der Waals surface area (Å²) in [4.78, 5) is 28.4. The zero-order valence-corrected chi connectivity index (χ0v) is 15.9. The number of nitrogens with zero attached hydrogens (tertiary/aromatic N) is 2. The van der Waals surface area contributed by atoms with Crippen molar-refractivity contribution >= 4 is 17.5 Å². The number of hydrogen-bond acceptors (Lipinski definition) is 4. The Hall–Kier alpha value is -3.75. The van der Waals surface area contributed by atoms with Gasteiger partial charge in [-0.2, -0.15) is 8.78 Å². The van der Waals surface area contributed by atoms with Crippen molar-refractivity contribution in [2.24, 2.45) is 0 Å². The van der Waals surface area contributed by atoms with Gasteiger partial charge in [-0.1, -0.05) is 18.2 Å². The summed E-state index contributed by atoms with van der Waals surface area (Å²) in [5.41, 5.74) is 1.64. The van der Waals surface area contributed by atoms with E-state index in [-0.39, 0.29) is 30.5 Å². The van der Waals surface area contributed by atoms with Crippen molar-refractivity contribution in [2.45, 2.75) is 26.1 Å². The molecular weight excluding hydrogens is 394 g/mol. The normalized spacial score (nSPS) is 10.6. The van der Waals surface area contributed by atoms with Crippen LogP contribution in [0.2, 0.25) is 0 Å². The van der Waals surface area contributed by atoms with Gasteiger partial charge in [-0.05, 0) is 35.9 Å². The fourth-order valence-electron chi connectivity index (χ4n) is 2.68. The highest BCUT2D eigenvalue weighted by Crippen LogP contribution is 2.15. The molecule has 1 aromatic heterocycles. The highest BCUT2D eigenvalue weighted by Gasteiger charge is 2.09. The van der Waals surface area contributed by atoms with Gasteiger partial charge in [-0.3, -0.25) is 9.59 Å². The maximum Gasteiger partial charge on any atom is 0.387 e. The Labute approximate surface area is 171 Å². The van der Waals surface area contributed by atoms with Gasteiger partial charge >= 0.3 is 6.61 Å². The van der Waals surface area contributed by atoms with Crippen LogP contribution in [0.1, 0.15) is 22.3 Å². The first-order valence-electron chi connectivity index (χ1n) is 9.17. The molecule has 156 valence electrons. The van der Waals surface area contributed by atoms with Gasteiger partial charge in [-0.15, -0.1) is 0 Å². The van der Waals surface area contributed by atoms with Gasteiger partial charge in [0.25, 0.3) is 5.91 Å². The molecule has 0 saturated heterocycles. The Bertz CT molecular complexity index is 976.